The molecule has 0 aliphatic heterocycles. The Morgan fingerprint density at radius 1 is 0.612 bits per heavy atom. The molecule has 2 heterocycles. The quantitative estimate of drug-likeness (QED) is 0.0948. The van der Waals surface area contributed by atoms with Crippen molar-refractivity contribution in [2.75, 3.05) is 28.2 Å². The number of nitrogens with one attached hydrogen (secondary N) is 1. The topological polar surface area (TPSA) is 173 Å². The Morgan fingerprint density at radius 2 is 0.985 bits per heavy atom. The van der Waals surface area contributed by atoms with Crippen LogP contribution >= 0.6 is 11.6 Å². The third-order valence-electron chi connectivity index (χ3n) is 10.1. The van der Waals surface area contributed by atoms with E-state index >= 15 is 0 Å². The lowest BCUT2D eigenvalue weighted by Gasteiger charge is -2.18. The van der Waals surface area contributed by atoms with Gasteiger partial charge in [-0.2, -0.15) is 0 Å². The smallest absolute Gasteiger partial charge is 0.264 e. The van der Waals surface area contributed by atoms with E-state index in [1.54, 1.807) is 73.3 Å². The van der Waals surface area contributed by atoms with E-state index in [0.717, 1.165) is 34.4 Å². The first-order chi connectivity index (χ1) is 31.4. The molecule has 0 saturated carbocycles. The predicted molar refractivity (Wildman–Crippen MR) is 260 cm³/mol. The molecule has 1 amide bonds. The van der Waals surface area contributed by atoms with E-state index in [9.17, 15) is 35.2 Å². The Kier molecular flexibility index (Phi) is 19.6. The van der Waals surface area contributed by atoms with E-state index in [0.29, 0.717) is 34.4 Å². The van der Waals surface area contributed by atoms with Gasteiger partial charge in [0.15, 0.2) is 0 Å². The number of carbonyl (C=O) groups is 2. The minimum absolute atomic E-state index is 0.0101. The van der Waals surface area contributed by atoms with Gasteiger partial charge in [-0.15, -0.1) is 0 Å². The molecule has 0 aliphatic carbocycles. The van der Waals surface area contributed by atoms with Gasteiger partial charge in [0.25, 0.3) is 10.0 Å². The summed E-state index contributed by atoms with van der Waals surface area (Å²) in [6.07, 6.45) is 6.34. The highest BCUT2D eigenvalue weighted by Crippen LogP contribution is 2.33. The molecule has 356 valence electrons. The van der Waals surface area contributed by atoms with Crippen molar-refractivity contribution in [1.82, 2.24) is 24.5 Å². The Balaban J connectivity index is 0.000000244. The van der Waals surface area contributed by atoms with Gasteiger partial charge in [-0.05, 0) is 180 Å². The summed E-state index contributed by atoms with van der Waals surface area (Å²) in [5.74, 6) is -1.37. The number of halogens is 3. The van der Waals surface area contributed by atoms with Crippen molar-refractivity contribution in [3.05, 3.63) is 167 Å². The van der Waals surface area contributed by atoms with Crippen molar-refractivity contribution >= 4 is 42.8 Å². The lowest BCUT2D eigenvalue weighted by Crippen LogP contribution is -2.32. The Bertz CT molecular complexity index is 2830. The van der Waals surface area contributed by atoms with E-state index in [2.05, 4.69) is 14.7 Å². The van der Waals surface area contributed by atoms with Gasteiger partial charge in [0.05, 0.1) is 16.2 Å². The van der Waals surface area contributed by atoms with Crippen molar-refractivity contribution in [1.29, 1.82) is 0 Å². The zero-order chi connectivity index (χ0) is 49.6. The van der Waals surface area contributed by atoms with Crippen molar-refractivity contribution in [3.8, 4) is 22.3 Å². The van der Waals surface area contributed by atoms with Crippen LogP contribution in [0.1, 0.15) is 72.9 Å². The molecule has 0 saturated heterocycles. The van der Waals surface area contributed by atoms with Crippen LogP contribution in [-0.2, 0) is 55.6 Å². The fourth-order valence-corrected chi connectivity index (χ4v) is 8.79. The summed E-state index contributed by atoms with van der Waals surface area (Å²) in [6, 6.07) is 25.7. The molecule has 0 fully saturated rings. The summed E-state index contributed by atoms with van der Waals surface area (Å²) in [5, 5.41) is 4.52. The van der Waals surface area contributed by atoms with E-state index in [1.807, 2.05) is 65.7 Å². The Morgan fingerprint density at radius 3 is 1.33 bits per heavy atom. The van der Waals surface area contributed by atoms with Gasteiger partial charge in [0.1, 0.15) is 11.6 Å². The zero-order valence-corrected chi connectivity index (χ0v) is 41.2. The fourth-order valence-electron chi connectivity index (χ4n) is 7.15. The lowest BCUT2D eigenvalue weighted by molar-refractivity contribution is -0.118. The molecule has 0 aliphatic rings. The number of pyridine rings is 2. The molecular formula is C50H57ClF2N6O6S2. The number of hydrogen-bond acceptors (Lipinski definition) is 10. The molecule has 4 aromatic carbocycles. The molecule has 0 unspecified atom stereocenters. The predicted octanol–water partition coefficient (Wildman–Crippen LogP) is 8.83. The van der Waals surface area contributed by atoms with Crippen LogP contribution in [0.4, 0.5) is 8.78 Å². The largest absolute Gasteiger partial charge is 0.305 e. The molecule has 12 nitrogen and oxygen atoms in total. The molecule has 0 atom stereocenters. The first kappa shape index (κ1) is 53.9. The number of aromatic nitrogens is 2. The number of rotatable bonds is 15. The second-order valence-electron chi connectivity index (χ2n) is 16.9. The maximum absolute atomic E-state index is 14.4. The average Bonchev–Trinajstić information content (AvgIpc) is 3.25. The summed E-state index contributed by atoms with van der Waals surface area (Å²) >= 11 is 5.54. The van der Waals surface area contributed by atoms with E-state index < -0.39 is 37.0 Å². The lowest BCUT2D eigenvalue weighted by atomic mass is 9.88. The standard InChI is InChI=1S/C25H28FN3O3S.C16H15ClFNO.C9H14N2O2S/c1-17(2)22-13-20(26)14-23(19-9-11-27-12-10-19)24(22)15-25(30)28-33(31,32)21-7-5-18(6-8-21)16-29(3)4;1-10(2)13-7-12(18)8-14(15(13)9-16(17)20)11-3-5-19-6-4-11;1-11(2)7-8-3-5-9(6-4-8)14(10,12)13/h5-14,17H,15-16H2,1-4H3,(H,28,30);3-8,10H,9H2,1-2H3;3-6H,7H2,1-2H3,(H2,10,12,13). The van der Waals surface area contributed by atoms with E-state index in [4.69, 9.17) is 16.7 Å². The van der Waals surface area contributed by atoms with Gasteiger partial charge in [0, 0.05) is 44.3 Å². The van der Waals surface area contributed by atoms with Crippen molar-refractivity contribution in [3.63, 3.8) is 0 Å². The highest BCUT2D eigenvalue weighted by atomic mass is 35.5. The number of sulfonamides is 2. The number of nitrogens with zero attached hydrogens (tertiary/aromatic N) is 4. The molecule has 17 heteroatoms. The number of primary sulfonamides is 1. The van der Waals surface area contributed by atoms with Crippen molar-refractivity contribution in [2.24, 2.45) is 5.14 Å². The van der Waals surface area contributed by atoms with Crippen LogP contribution in [-0.4, -0.2) is 75.9 Å². The first-order valence-electron chi connectivity index (χ1n) is 21.1. The number of nitrogens with two attached hydrogens (primary N) is 1. The molecule has 0 bridgehead atoms. The average molecular weight is 976 g/mol. The minimum Gasteiger partial charge on any atom is -0.305 e. The summed E-state index contributed by atoms with van der Waals surface area (Å²) in [7, 11) is 0.147. The van der Waals surface area contributed by atoms with Crippen LogP contribution < -0.4 is 9.86 Å². The van der Waals surface area contributed by atoms with Gasteiger partial charge in [0.2, 0.25) is 21.2 Å². The highest BCUT2D eigenvalue weighted by molar-refractivity contribution is 7.90. The summed E-state index contributed by atoms with van der Waals surface area (Å²) in [4.78, 5) is 36.3. The van der Waals surface area contributed by atoms with Crippen LogP contribution in [0.25, 0.3) is 22.3 Å². The van der Waals surface area contributed by atoms with Crippen LogP contribution in [0.3, 0.4) is 0 Å². The highest BCUT2D eigenvalue weighted by Gasteiger charge is 2.23. The van der Waals surface area contributed by atoms with E-state index in [-0.39, 0.29) is 40.3 Å². The number of hydrogen-bond donors (Lipinski definition) is 2. The van der Waals surface area contributed by atoms with Gasteiger partial charge < -0.3 is 9.80 Å². The van der Waals surface area contributed by atoms with Crippen LogP contribution in [0.5, 0.6) is 0 Å². The van der Waals surface area contributed by atoms with Crippen LogP contribution in [0, 0.1) is 11.6 Å². The molecule has 0 radical (unpaired) electrons. The third-order valence-corrected chi connectivity index (χ3v) is 12.6. The molecule has 2 aromatic heterocycles. The van der Waals surface area contributed by atoms with Crippen molar-refractivity contribution in [2.45, 2.75) is 75.3 Å². The monoisotopic (exact) mass is 974 g/mol. The normalized spacial score (nSPS) is 11.5. The maximum atomic E-state index is 14.4. The van der Waals surface area contributed by atoms with Gasteiger partial charge in [-0.1, -0.05) is 52.0 Å². The number of benzene rings is 4. The SMILES string of the molecule is CC(C)c1cc(F)cc(-c2ccncc2)c1CC(=O)Cl.CC(C)c1cc(F)cc(-c2ccncc2)c1CC(=O)NS(=O)(=O)c1ccc(CN(C)C)cc1.CN(C)Cc1ccc(S(N)(=O)=O)cc1. The van der Waals surface area contributed by atoms with E-state index in [1.165, 1.54) is 48.5 Å². The van der Waals surface area contributed by atoms with Crippen LogP contribution in [0.2, 0.25) is 0 Å². The van der Waals surface area contributed by atoms with Crippen LogP contribution in [0.15, 0.2) is 132 Å². The summed E-state index contributed by atoms with van der Waals surface area (Å²) < 4.78 is 77.8. The Labute approximate surface area is 398 Å². The Hall–Kier alpha value is -5.75. The minimum atomic E-state index is -4.04. The molecule has 6 rings (SSSR count). The summed E-state index contributed by atoms with van der Waals surface area (Å²) in [5.41, 5.74) is 7.63. The van der Waals surface area contributed by atoms with Gasteiger partial charge >= 0.3 is 0 Å². The molecule has 0 spiro atoms. The molecular weight excluding hydrogens is 918 g/mol. The first-order valence-corrected chi connectivity index (χ1v) is 24.5. The summed E-state index contributed by atoms with van der Waals surface area (Å²) in [6.45, 7) is 9.19. The molecule has 6 aromatic rings. The van der Waals surface area contributed by atoms with Gasteiger partial charge in [-0.25, -0.2) is 35.5 Å². The second kappa shape index (κ2) is 24.3. The number of amides is 1. The molecule has 67 heavy (non-hydrogen) atoms. The van der Waals surface area contributed by atoms with Crippen molar-refractivity contribution < 1.29 is 35.2 Å². The zero-order valence-electron chi connectivity index (χ0n) is 38.8. The maximum Gasteiger partial charge on any atom is 0.264 e. The fraction of sp³-hybridized carbons (Fsp3) is 0.280. The van der Waals surface area contributed by atoms with Gasteiger partial charge in [-0.3, -0.25) is 19.6 Å². The second-order valence-corrected chi connectivity index (χ2v) is 20.5. The molecule has 3 N–H and O–H groups in total. The third kappa shape index (κ3) is 16.5. The number of carbonyl (C=O) groups excluding carboxylic acids is 2.